The maximum Gasteiger partial charge on any atom is 0.293 e. The number of hydrogen-bond donors (Lipinski definition) is 0. The monoisotopic (exact) mass is 229 g/mol. The molecule has 2 rings (SSSR count). The molecule has 0 N–H and O–H groups in total. The minimum atomic E-state index is -0.418. The van der Waals surface area contributed by atoms with Gasteiger partial charge in [0.15, 0.2) is 10.8 Å². The van der Waals surface area contributed by atoms with Crippen molar-refractivity contribution in [3.8, 4) is 0 Å². The van der Waals surface area contributed by atoms with Gasteiger partial charge in [-0.05, 0) is 18.6 Å². The zero-order chi connectivity index (χ0) is 10.3. The van der Waals surface area contributed by atoms with Gasteiger partial charge in [0.2, 0.25) is 0 Å². The summed E-state index contributed by atoms with van der Waals surface area (Å²) in [7, 11) is 0. The molecule has 0 bridgehead atoms. The fraction of sp³-hybridized carbons (Fsp3) is 0.125. The second-order valence-corrected chi connectivity index (χ2v) is 3.56. The highest BCUT2D eigenvalue weighted by molar-refractivity contribution is 6.30. The normalized spacial score (nSPS) is 10.8. The molecule has 0 radical (unpaired) electrons. The predicted molar refractivity (Wildman–Crippen MR) is 54.0 cm³/mol. The lowest BCUT2D eigenvalue weighted by Gasteiger charge is -2.01. The number of aromatic nitrogens is 3. The van der Waals surface area contributed by atoms with Crippen molar-refractivity contribution < 1.29 is 0 Å². The van der Waals surface area contributed by atoms with Crippen LogP contribution in [-0.4, -0.2) is 14.6 Å². The first kappa shape index (κ1) is 9.43. The van der Waals surface area contributed by atoms with Crippen molar-refractivity contribution in [1.82, 2.24) is 14.6 Å². The molecule has 2 heterocycles. The molecule has 14 heavy (non-hydrogen) atoms. The van der Waals surface area contributed by atoms with Crippen molar-refractivity contribution in [3.05, 3.63) is 38.4 Å². The van der Waals surface area contributed by atoms with Gasteiger partial charge >= 0.3 is 0 Å². The Hall–Kier alpha value is -1.13. The molecule has 2 aromatic rings. The van der Waals surface area contributed by atoms with Crippen LogP contribution in [0.2, 0.25) is 10.2 Å². The summed E-state index contributed by atoms with van der Waals surface area (Å²) >= 11 is 11.4. The number of aryl methyl sites for hydroxylation is 1. The lowest BCUT2D eigenvalue weighted by Crippen LogP contribution is -2.18. The minimum absolute atomic E-state index is 0.0231. The summed E-state index contributed by atoms with van der Waals surface area (Å²) in [5, 5.41) is 4.15. The van der Waals surface area contributed by atoms with Gasteiger partial charge in [-0.2, -0.15) is 9.61 Å². The Kier molecular flexibility index (Phi) is 2.17. The first-order valence-corrected chi connectivity index (χ1v) is 4.56. The molecule has 0 atom stereocenters. The largest absolute Gasteiger partial charge is 0.293 e. The van der Waals surface area contributed by atoms with Crippen LogP contribution in [0.25, 0.3) is 5.65 Å². The third kappa shape index (κ3) is 1.36. The highest BCUT2D eigenvalue weighted by Crippen LogP contribution is 2.12. The molecule has 0 aromatic carbocycles. The molecule has 6 heteroatoms. The molecule has 0 saturated heterocycles. The maximum atomic E-state index is 11.5. The standard InChI is InChI=1S/C8H5Cl2N3O/c1-4-2-6-11-3-5(9)8(14)13(6)12-7(4)10/h2-3H,1H3. The Balaban J connectivity index is 2.97. The number of nitrogens with zero attached hydrogens (tertiary/aromatic N) is 3. The molecule has 0 unspecified atom stereocenters. The molecule has 2 aromatic heterocycles. The molecule has 0 aliphatic heterocycles. The average Bonchev–Trinajstić information content (AvgIpc) is 2.15. The predicted octanol–water partition coefficient (Wildman–Crippen LogP) is 1.70. The third-order valence-corrected chi connectivity index (χ3v) is 2.42. The number of hydrogen-bond acceptors (Lipinski definition) is 3. The van der Waals surface area contributed by atoms with Gasteiger partial charge in [0.1, 0.15) is 5.02 Å². The van der Waals surface area contributed by atoms with Crippen LogP contribution in [0.3, 0.4) is 0 Å². The highest BCUT2D eigenvalue weighted by Gasteiger charge is 2.05. The smallest absolute Gasteiger partial charge is 0.266 e. The van der Waals surface area contributed by atoms with Crippen LogP contribution in [0.15, 0.2) is 17.1 Å². The van der Waals surface area contributed by atoms with Crippen molar-refractivity contribution in [2.75, 3.05) is 0 Å². The van der Waals surface area contributed by atoms with Crippen LogP contribution in [-0.2, 0) is 0 Å². The van der Waals surface area contributed by atoms with Crippen molar-refractivity contribution in [2.45, 2.75) is 6.92 Å². The Morgan fingerprint density at radius 3 is 2.86 bits per heavy atom. The topological polar surface area (TPSA) is 47.3 Å². The second-order valence-electron chi connectivity index (χ2n) is 2.80. The minimum Gasteiger partial charge on any atom is -0.266 e. The van der Waals surface area contributed by atoms with Gasteiger partial charge < -0.3 is 0 Å². The average molecular weight is 230 g/mol. The van der Waals surface area contributed by atoms with Crippen LogP contribution in [0.1, 0.15) is 5.56 Å². The van der Waals surface area contributed by atoms with E-state index in [1.165, 1.54) is 6.20 Å². The van der Waals surface area contributed by atoms with E-state index in [1.807, 2.05) is 0 Å². The highest BCUT2D eigenvalue weighted by atomic mass is 35.5. The van der Waals surface area contributed by atoms with Gasteiger partial charge in [0.05, 0.1) is 6.20 Å². The van der Waals surface area contributed by atoms with Crippen molar-refractivity contribution in [3.63, 3.8) is 0 Å². The van der Waals surface area contributed by atoms with Crippen molar-refractivity contribution >= 4 is 28.8 Å². The Morgan fingerprint density at radius 2 is 2.14 bits per heavy atom. The van der Waals surface area contributed by atoms with Crippen LogP contribution in [0, 0.1) is 6.92 Å². The molecular formula is C8H5Cl2N3O. The summed E-state index contributed by atoms with van der Waals surface area (Å²) in [5.74, 6) is 0. The van der Waals surface area contributed by atoms with E-state index in [0.717, 1.165) is 10.1 Å². The van der Waals surface area contributed by atoms with Gasteiger partial charge in [0, 0.05) is 0 Å². The zero-order valence-corrected chi connectivity index (χ0v) is 8.67. The first-order chi connectivity index (χ1) is 6.59. The molecule has 0 aliphatic rings. The summed E-state index contributed by atoms with van der Waals surface area (Å²) in [6, 6.07) is 1.67. The van der Waals surface area contributed by atoms with Crippen molar-refractivity contribution in [2.24, 2.45) is 0 Å². The maximum absolute atomic E-state index is 11.5. The lowest BCUT2D eigenvalue weighted by atomic mass is 10.3. The van der Waals surface area contributed by atoms with Crippen LogP contribution >= 0.6 is 23.2 Å². The van der Waals surface area contributed by atoms with Gasteiger partial charge in [-0.15, -0.1) is 0 Å². The van der Waals surface area contributed by atoms with Gasteiger partial charge in [-0.1, -0.05) is 23.2 Å². The summed E-state index contributed by atoms with van der Waals surface area (Å²) in [6.45, 7) is 1.79. The third-order valence-electron chi connectivity index (χ3n) is 1.78. The summed E-state index contributed by atoms with van der Waals surface area (Å²) in [4.78, 5) is 15.4. The molecule has 0 saturated carbocycles. The van der Waals surface area contributed by atoms with E-state index in [9.17, 15) is 4.79 Å². The molecule has 4 nitrogen and oxygen atoms in total. The van der Waals surface area contributed by atoms with Gasteiger partial charge in [0.25, 0.3) is 5.56 Å². The van der Waals surface area contributed by atoms with Gasteiger partial charge in [-0.3, -0.25) is 4.79 Å². The zero-order valence-electron chi connectivity index (χ0n) is 7.16. The van der Waals surface area contributed by atoms with Crippen LogP contribution in [0.5, 0.6) is 0 Å². The lowest BCUT2D eigenvalue weighted by molar-refractivity contribution is 0.860. The molecule has 72 valence electrons. The Bertz CT molecular complexity index is 564. The van der Waals surface area contributed by atoms with E-state index in [0.29, 0.717) is 5.65 Å². The van der Waals surface area contributed by atoms with Crippen LogP contribution < -0.4 is 5.56 Å². The van der Waals surface area contributed by atoms with E-state index in [-0.39, 0.29) is 10.2 Å². The van der Waals surface area contributed by atoms with Crippen LogP contribution in [0.4, 0.5) is 0 Å². The quantitative estimate of drug-likeness (QED) is 0.691. The second kappa shape index (κ2) is 3.22. The van der Waals surface area contributed by atoms with E-state index in [2.05, 4.69) is 10.1 Å². The van der Waals surface area contributed by atoms with E-state index < -0.39 is 5.56 Å². The summed E-state index contributed by atoms with van der Waals surface area (Å²) < 4.78 is 1.08. The number of halogens is 2. The van der Waals surface area contributed by atoms with E-state index >= 15 is 0 Å². The Labute approximate surface area is 89.1 Å². The molecule has 0 spiro atoms. The SMILES string of the molecule is Cc1cc2ncc(Cl)c(=O)n2nc1Cl. The Morgan fingerprint density at radius 1 is 1.43 bits per heavy atom. The first-order valence-electron chi connectivity index (χ1n) is 3.80. The molecule has 0 amide bonds. The molecule has 0 fully saturated rings. The van der Waals surface area contributed by atoms with E-state index in [1.54, 1.807) is 13.0 Å². The van der Waals surface area contributed by atoms with Gasteiger partial charge in [-0.25, -0.2) is 4.98 Å². The fourth-order valence-corrected chi connectivity index (χ4v) is 1.31. The molecular weight excluding hydrogens is 225 g/mol. The number of fused-ring (bicyclic) bond motifs is 1. The summed E-state index contributed by atoms with van der Waals surface area (Å²) in [6.07, 6.45) is 1.30. The number of rotatable bonds is 0. The fourth-order valence-electron chi connectivity index (χ4n) is 1.05. The van der Waals surface area contributed by atoms with E-state index in [4.69, 9.17) is 23.2 Å². The summed E-state index contributed by atoms with van der Waals surface area (Å²) in [5.41, 5.74) is 0.778. The molecule has 0 aliphatic carbocycles. The van der Waals surface area contributed by atoms with Crippen molar-refractivity contribution in [1.29, 1.82) is 0 Å².